The molecular weight excluding hydrogens is 428 g/mol. The number of nitrogens with one attached hydrogen (secondary N) is 1. The van der Waals surface area contributed by atoms with E-state index in [2.05, 4.69) is 20.8 Å². The Morgan fingerprint density at radius 3 is 2.70 bits per heavy atom. The maximum absolute atomic E-state index is 12.4. The highest BCUT2D eigenvalue weighted by Gasteiger charge is 2.26. The number of hydrogen-bond acceptors (Lipinski definition) is 9. The number of Topliss-reactive ketones (excluding diaryl/α,β-unsaturated/α-hetero) is 1. The van der Waals surface area contributed by atoms with Gasteiger partial charge < -0.3 is 25.6 Å². The number of nitrogens with two attached hydrogens (primary N) is 1. The van der Waals surface area contributed by atoms with Crippen LogP contribution < -0.4 is 11.1 Å². The van der Waals surface area contributed by atoms with Gasteiger partial charge in [-0.1, -0.05) is 30.3 Å². The van der Waals surface area contributed by atoms with Crippen LogP contribution in [0.2, 0.25) is 0 Å². The first kappa shape index (κ1) is 26.4. The summed E-state index contributed by atoms with van der Waals surface area (Å²) in [7, 11) is 0. The summed E-state index contributed by atoms with van der Waals surface area (Å²) < 4.78 is 12.8. The lowest BCUT2D eigenvalue weighted by Crippen LogP contribution is -2.41. The molecule has 33 heavy (non-hydrogen) atoms. The molecule has 11 nitrogen and oxygen atoms in total. The number of unbranched alkanes of at least 4 members (excludes halogenated alkanes) is 1. The molecule has 0 saturated carbocycles. The third kappa shape index (κ3) is 9.64. The van der Waals surface area contributed by atoms with E-state index in [9.17, 15) is 9.59 Å². The summed E-state index contributed by atoms with van der Waals surface area (Å²) >= 11 is 0. The second kappa shape index (κ2) is 13.6. The topological polar surface area (TPSA) is 154 Å². The van der Waals surface area contributed by atoms with Crippen LogP contribution in [0.4, 0.5) is 4.79 Å². The molecule has 1 unspecified atom stereocenters. The van der Waals surface area contributed by atoms with Crippen LogP contribution in [0, 0.1) is 0 Å². The summed E-state index contributed by atoms with van der Waals surface area (Å²) in [6.07, 6.45) is 0.764. The fourth-order valence-electron chi connectivity index (χ4n) is 2.95. The highest BCUT2D eigenvalue weighted by atomic mass is 16.5. The number of nitrogens with zero attached hydrogens (tertiary/aromatic N) is 4. The Kier molecular flexibility index (Phi) is 10.9. The molecule has 1 heterocycles. The zero-order chi connectivity index (χ0) is 24.1. The molecule has 4 N–H and O–H groups in total. The van der Waals surface area contributed by atoms with E-state index >= 15 is 0 Å². The van der Waals surface area contributed by atoms with Crippen LogP contribution in [0.3, 0.4) is 0 Å². The molecule has 0 aliphatic rings. The number of aliphatic hydroxyl groups is 1. The largest absolute Gasteiger partial charge is 0.448 e. The molecule has 0 spiro atoms. The van der Waals surface area contributed by atoms with Crippen molar-refractivity contribution in [3.8, 4) is 0 Å². The Hall–Kier alpha value is -2.89. The van der Waals surface area contributed by atoms with Gasteiger partial charge >= 0.3 is 6.09 Å². The van der Waals surface area contributed by atoms with Crippen LogP contribution in [-0.4, -0.2) is 62.5 Å². The van der Waals surface area contributed by atoms with Gasteiger partial charge in [0.05, 0.1) is 18.7 Å². The highest BCUT2D eigenvalue weighted by Crippen LogP contribution is 2.23. The molecule has 182 valence electrons. The number of amides is 1. The van der Waals surface area contributed by atoms with Gasteiger partial charge in [0.15, 0.2) is 11.6 Å². The van der Waals surface area contributed by atoms with Crippen LogP contribution in [0.1, 0.15) is 57.0 Å². The van der Waals surface area contributed by atoms with E-state index in [1.807, 2.05) is 30.3 Å². The van der Waals surface area contributed by atoms with Gasteiger partial charge in [0.1, 0.15) is 12.7 Å². The summed E-state index contributed by atoms with van der Waals surface area (Å²) in [5.41, 5.74) is 5.97. The van der Waals surface area contributed by atoms with E-state index in [1.165, 1.54) is 4.68 Å². The number of rotatable bonds is 15. The maximum atomic E-state index is 12.4. The Morgan fingerprint density at radius 1 is 1.24 bits per heavy atom. The van der Waals surface area contributed by atoms with Crippen molar-refractivity contribution in [2.75, 3.05) is 19.8 Å². The zero-order valence-corrected chi connectivity index (χ0v) is 19.3. The number of ketones is 1. The minimum atomic E-state index is -0.936. The predicted octanol–water partition coefficient (Wildman–Crippen LogP) is 1.52. The quantitative estimate of drug-likeness (QED) is 0.334. The molecule has 2 rings (SSSR count). The number of benzene rings is 1. The van der Waals surface area contributed by atoms with E-state index in [1.54, 1.807) is 13.8 Å². The number of ether oxygens (including phenoxy) is 2. The van der Waals surface area contributed by atoms with Crippen molar-refractivity contribution in [3.63, 3.8) is 0 Å². The molecule has 11 heteroatoms. The van der Waals surface area contributed by atoms with Crippen LogP contribution >= 0.6 is 0 Å². The molecule has 0 aliphatic carbocycles. The molecule has 0 bridgehead atoms. The molecule has 2 aromatic rings. The monoisotopic (exact) mass is 462 g/mol. The first-order valence-electron chi connectivity index (χ1n) is 11.1. The number of hydrogen-bond donors (Lipinski definition) is 3. The second-order valence-electron chi connectivity index (χ2n) is 8.22. The third-order valence-corrected chi connectivity index (χ3v) is 4.88. The molecule has 1 amide bonds. The Morgan fingerprint density at radius 2 is 2.00 bits per heavy atom. The lowest BCUT2D eigenvalue weighted by atomic mass is 9.95. The predicted molar refractivity (Wildman–Crippen MR) is 120 cm³/mol. The van der Waals surface area contributed by atoms with Gasteiger partial charge in [0, 0.05) is 19.6 Å². The summed E-state index contributed by atoms with van der Waals surface area (Å²) in [5, 5.41) is 23.2. The van der Waals surface area contributed by atoms with Crippen LogP contribution in [-0.2, 0) is 27.4 Å². The number of carbonyl (C=O) groups excluding carboxylic acids is 2. The van der Waals surface area contributed by atoms with E-state index in [-0.39, 0.29) is 32.0 Å². The molecule has 1 atom stereocenters. The van der Waals surface area contributed by atoms with Crippen LogP contribution in [0.5, 0.6) is 0 Å². The van der Waals surface area contributed by atoms with E-state index in [4.69, 9.17) is 20.3 Å². The normalized spacial score (nSPS) is 12.4. The smallest absolute Gasteiger partial charge is 0.407 e. The van der Waals surface area contributed by atoms with Crippen LogP contribution in [0.15, 0.2) is 30.3 Å². The van der Waals surface area contributed by atoms with Crippen molar-refractivity contribution < 1.29 is 24.2 Å². The van der Waals surface area contributed by atoms with Gasteiger partial charge in [-0.2, -0.15) is 0 Å². The van der Waals surface area contributed by atoms with E-state index < -0.39 is 17.7 Å². The molecule has 1 aromatic carbocycles. The number of carbonyl (C=O) groups is 2. The summed E-state index contributed by atoms with van der Waals surface area (Å²) in [4.78, 5) is 24.1. The van der Waals surface area contributed by atoms with Crippen molar-refractivity contribution >= 4 is 11.9 Å². The van der Waals surface area contributed by atoms with E-state index in [0.29, 0.717) is 38.2 Å². The lowest BCUT2D eigenvalue weighted by molar-refractivity contribution is -0.124. The molecular formula is C22H34N6O5. The minimum Gasteiger partial charge on any atom is -0.448 e. The van der Waals surface area contributed by atoms with Gasteiger partial charge in [-0.25, -0.2) is 9.48 Å². The highest BCUT2D eigenvalue weighted by molar-refractivity contribution is 5.87. The first-order chi connectivity index (χ1) is 15.8. The number of aliphatic hydroxyl groups excluding tert-OH is 1. The Labute approximate surface area is 193 Å². The number of alkyl carbamates (subject to hydrolysis) is 1. The lowest BCUT2D eigenvalue weighted by Gasteiger charge is -2.20. The Bertz CT molecular complexity index is 852. The summed E-state index contributed by atoms with van der Waals surface area (Å²) in [5.74, 6) is 0.358. The SMILES string of the molecule is CC(C)(N)C(=O)CCC(OCc1ccccc1)c1nnnn1CCOC(=O)NCCCCO. The molecule has 0 aliphatic heterocycles. The van der Waals surface area contributed by atoms with Gasteiger partial charge in [-0.15, -0.1) is 5.10 Å². The fourth-order valence-corrected chi connectivity index (χ4v) is 2.95. The van der Waals surface area contributed by atoms with Crippen molar-refractivity contribution in [2.45, 2.75) is 64.3 Å². The first-order valence-corrected chi connectivity index (χ1v) is 11.1. The molecule has 0 fully saturated rings. The van der Waals surface area contributed by atoms with Crippen LogP contribution in [0.25, 0.3) is 0 Å². The summed E-state index contributed by atoms with van der Waals surface area (Å²) in [6, 6.07) is 9.66. The number of tetrazole rings is 1. The van der Waals surface area contributed by atoms with Gasteiger partial charge in [-0.3, -0.25) is 4.79 Å². The number of aromatic nitrogens is 4. The Balaban J connectivity index is 1.97. The van der Waals surface area contributed by atoms with Crippen molar-refractivity contribution in [1.29, 1.82) is 0 Å². The second-order valence-corrected chi connectivity index (χ2v) is 8.22. The minimum absolute atomic E-state index is 0.0596. The summed E-state index contributed by atoms with van der Waals surface area (Å²) in [6.45, 7) is 4.47. The molecule has 1 aromatic heterocycles. The van der Waals surface area contributed by atoms with Gasteiger partial charge in [-0.05, 0) is 49.1 Å². The third-order valence-electron chi connectivity index (χ3n) is 4.88. The average molecular weight is 463 g/mol. The standard InChI is InChI=1S/C22H34N6O5/c1-22(2,23)19(30)11-10-18(33-16-17-8-4-3-5-9-17)20-25-26-27-28(20)13-15-32-21(31)24-12-6-7-14-29/h3-5,8-9,18,29H,6-7,10-16,23H2,1-2H3,(H,24,31). The van der Waals surface area contributed by atoms with Gasteiger partial charge in [0.2, 0.25) is 0 Å². The van der Waals surface area contributed by atoms with E-state index in [0.717, 1.165) is 5.56 Å². The molecule has 0 radical (unpaired) electrons. The maximum Gasteiger partial charge on any atom is 0.407 e. The van der Waals surface area contributed by atoms with Gasteiger partial charge in [0.25, 0.3) is 0 Å². The van der Waals surface area contributed by atoms with Crippen molar-refractivity contribution in [2.24, 2.45) is 5.73 Å². The van der Waals surface area contributed by atoms with Crippen molar-refractivity contribution in [3.05, 3.63) is 41.7 Å². The average Bonchev–Trinajstić information content (AvgIpc) is 3.25. The molecule has 0 saturated heterocycles. The zero-order valence-electron chi connectivity index (χ0n) is 19.3. The van der Waals surface area contributed by atoms with Crippen molar-refractivity contribution in [1.82, 2.24) is 25.5 Å². The fraction of sp³-hybridized carbons (Fsp3) is 0.591.